The van der Waals surface area contributed by atoms with Crippen molar-refractivity contribution in [3.05, 3.63) is 6.33 Å². The first-order chi connectivity index (χ1) is 20.3. The van der Waals surface area contributed by atoms with E-state index in [1.54, 1.807) is 6.92 Å². The first kappa shape index (κ1) is 33.8. The van der Waals surface area contributed by atoms with Crippen LogP contribution < -0.4 is 32.1 Å². The molecule has 1 saturated heterocycles. The van der Waals surface area contributed by atoms with Gasteiger partial charge in [-0.2, -0.15) is 9.97 Å². The number of carbonyl (C=O) groups is 3. The van der Waals surface area contributed by atoms with Crippen LogP contribution in [0.2, 0.25) is 0 Å². The summed E-state index contributed by atoms with van der Waals surface area (Å²) in [4.78, 5) is 48.5. The van der Waals surface area contributed by atoms with Crippen LogP contribution in [0.5, 0.6) is 0 Å². The Morgan fingerprint density at radius 1 is 1.12 bits per heavy atom. The standard InChI is InChI=1S/C24H40N10O8S/c1-13-17(36)22(42-18(13)21(37)28-9-7-14(25)23(38)39)34-12-30-16-19(26)32-24(33-20(16)34)29-11-10-27-15(35)6-4-3-5-8-31-43(2,40)41/h12-14,17-18,22,31,36H,3-11,25H2,1-2H3,(H,27,35)(H,28,37)(H,38,39)(H3,26,29,32,33)/t13-,14-,17+,18-,22+/m0/s1. The van der Waals surface area contributed by atoms with E-state index in [2.05, 4.69) is 35.6 Å². The van der Waals surface area contributed by atoms with E-state index in [1.807, 2.05) is 0 Å². The second kappa shape index (κ2) is 15.2. The van der Waals surface area contributed by atoms with Crippen LogP contribution in [0.25, 0.3) is 11.2 Å². The number of ether oxygens (including phenoxy) is 1. The molecule has 0 aromatic carbocycles. The Balaban J connectivity index is 1.52. The maximum absolute atomic E-state index is 12.7. The molecule has 0 unspecified atom stereocenters. The monoisotopic (exact) mass is 628 g/mol. The highest BCUT2D eigenvalue weighted by atomic mass is 32.2. The average Bonchev–Trinajstić information content (AvgIpc) is 3.48. The first-order valence-electron chi connectivity index (χ1n) is 13.8. The Morgan fingerprint density at radius 2 is 1.86 bits per heavy atom. The van der Waals surface area contributed by atoms with E-state index in [-0.39, 0.29) is 54.9 Å². The minimum absolute atomic E-state index is 0.0257. The van der Waals surface area contributed by atoms with Crippen molar-refractivity contribution in [1.82, 2.24) is 34.9 Å². The molecule has 0 bridgehead atoms. The second-order valence-corrected chi connectivity index (χ2v) is 12.2. The number of aliphatic carboxylic acids is 1. The lowest BCUT2D eigenvalue weighted by atomic mass is 10.00. The fourth-order valence-corrected chi connectivity index (χ4v) is 4.93. The highest BCUT2D eigenvalue weighted by molar-refractivity contribution is 7.88. The van der Waals surface area contributed by atoms with Gasteiger partial charge in [0.1, 0.15) is 23.8 Å². The SMILES string of the molecule is C[C@H]1[C@@H](O)[C@H](n2cnc3c(N)nc(NCCNC(=O)CCCCCNS(C)(=O)=O)nc32)O[C@@H]1C(=O)NCC[C@H](N)C(=O)O. The van der Waals surface area contributed by atoms with E-state index in [4.69, 9.17) is 21.3 Å². The van der Waals surface area contributed by atoms with E-state index < -0.39 is 52.3 Å². The third kappa shape index (κ3) is 9.68. The molecule has 0 aliphatic carbocycles. The number of sulfonamides is 1. The number of rotatable bonds is 17. The minimum atomic E-state index is -3.21. The third-order valence-corrected chi connectivity index (χ3v) is 7.55. The summed E-state index contributed by atoms with van der Waals surface area (Å²) in [5.74, 6) is -2.21. The fraction of sp³-hybridized carbons (Fsp3) is 0.667. The van der Waals surface area contributed by atoms with Crippen LogP contribution in [0.3, 0.4) is 0 Å². The van der Waals surface area contributed by atoms with Gasteiger partial charge in [-0.1, -0.05) is 13.3 Å². The number of nitrogen functional groups attached to an aromatic ring is 1. The summed E-state index contributed by atoms with van der Waals surface area (Å²) in [6, 6.07) is -1.11. The maximum Gasteiger partial charge on any atom is 0.320 e. The second-order valence-electron chi connectivity index (χ2n) is 10.3. The predicted molar refractivity (Wildman–Crippen MR) is 155 cm³/mol. The predicted octanol–water partition coefficient (Wildman–Crippen LogP) is -2.14. The minimum Gasteiger partial charge on any atom is -0.480 e. The van der Waals surface area contributed by atoms with Gasteiger partial charge < -0.3 is 42.4 Å². The van der Waals surface area contributed by atoms with Crippen LogP contribution in [-0.4, -0.2) is 107 Å². The molecular weight excluding hydrogens is 588 g/mol. The van der Waals surface area contributed by atoms with Crippen LogP contribution in [0.15, 0.2) is 6.33 Å². The number of nitrogens with one attached hydrogen (secondary N) is 4. The highest BCUT2D eigenvalue weighted by Gasteiger charge is 2.46. The molecule has 0 saturated carbocycles. The Labute approximate surface area is 248 Å². The van der Waals surface area contributed by atoms with Gasteiger partial charge in [-0.05, 0) is 19.3 Å². The molecule has 5 atom stereocenters. The van der Waals surface area contributed by atoms with Gasteiger partial charge in [0.2, 0.25) is 27.8 Å². The number of imidazole rings is 1. The fourth-order valence-electron chi connectivity index (χ4n) is 4.41. The number of aromatic nitrogens is 4. The number of aliphatic hydroxyl groups is 1. The van der Waals surface area contributed by atoms with Crippen molar-refractivity contribution < 1.29 is 37.8 Å². The number of carbonyl (C=O) groups excluding carboxylic acids is 2. The van der Waals surface area contributed by atoms with E-state index in [9.17, 15) is 27.9 Å². The molecule has 0 radical (unpaired) electrons. The van der Waals surface area contributed by atoms with Gasteiger partial charge in [-0.15, -0.1) is 0 Å². The molecule has 1 aliphatic heterocycles. The lowest BCUT2D eigenvalue weighted by Gasteiger charge is -2.17. The van der Waals surface area contributed by atoms with Crippen molar-refractivity contribution in [3.63, 3.8) is 0 Å². The molecule has 18 nitrogen and oxygen atoms in total. The summed E-state index contributed by atoms with van der Waals surface area (Å²) < 4.78 is 31.8. The number of fused-ring (bicyclic) bond motifs is 1. The molecule has 3 heterocycles. The number of amides is 2. The van der Waals surface area contributed by atoms with Crippen molar-refractivity contribution in [1.29, 1.82) is 0 Å². The Morgan fingerprint density at radius 3 is 2.56 bits per heavy atom. The molecule has 1 fully saturated rings. The van der Waals surface area contributed by atoms with Crippen LogP contribution in [0, 0.1) is 5.92 Å². The van der Waals surface area contributed by atoms with Gasteiger partial charge in [0.05, 0.1) is 12.6 Å². The first-order valence-corrected chi connectivity index (χ1v) is 15.7. The molecule has 2 amide bonds. The largest absolute Gasteiger partial charge is 0.480 e. The van der Waals surface area contributed by atoms with E-state index in [0.717, 1.165) is 6.26 Å². The van der Waals surface area contributed by atoms with Crippen molar-refractivity contribution in [2.24, 2.45) is 11.7 Å². The van der Waals surface area contributed by atoms with Crippen molar-refractivity contribution in [2.75, 3.05) is 43.5 Å². The number of nitrogens with zero attached hydrogens (tertiary/aromatic N) is 4. The Kier molecular flexibility index (Phi) is 12.0. The molecule has 2 aromatic rings. The Bertz CT molecular complexity index is 1390. The van der Waals surface area contributed by atoms with Gasteiger partial charge >= 0.3 is 5.97 Å². The number of carboxylic acid groups (broad SMARTS) is 1. The van der Waals surface area contributed by atoms with E-state index >= 15 is 0 Å². The summed E-state index contributed by atoms with van der Waals surface area (Å²) in [5.41, 5.74) is 12.1. The number of unbranched alkanes of at least 4 members (excludes halogenated alkanes) is 2. The molecule has 3 rings (SSSR count). The van der Waals surface area contributed by atoms with Crippen LogP contribution in [-0.2, 0) is 29.1 Å². The molecular formula is C24H40N10O8S. The molecule has 1 aliphatic rings. The lowest BCUT2D eigenvalue weighted by molar-refractivity contribution is -0.139. The normalized spacial score (nSPS) is 21.0. The van der Waals surface area contributed by atoms with Crippen LogP contribution in [0.1, 0.15) is 45.3 Å². The summed E-state index contributed by atoms with van der Waals surface area (Å²) >= 11 is 0. The molecule has 0 spiro atoms. The topological polar surface area (TPSA) is 279 Å². The number of hydrogen-bond acceptors (Lipinski definition) is 13. The van der Waals surface area contributed by atoms with Gasteiger partial charge in [0.25, 0.3) is 0 Å². The number of carboxylic acids is 1. The summed E-state index contributed by atoms with van der Waals surface area (Å²) in [5, 5.41) is 28.1. The zero-order chi connectivity index (χ0) is 31.7. The zero-order valence-electron chi connectivity index (χ0n) is 24.0. The van der Waals surface area contributed by atoms with E-state index in [0.29, 0.717) is 32.2 Å². The highest BCUT2D eigenvalue weighted by Crippen LogP contribution is 2.36. The quantitative estimate of drug-likeness (QED) is 0.0868. The molecule has 43 heavy (non-hydrogen) atoms. The molecule has 240 valence electrons. The van der Waals surface area contributed by atoms with E-state index in [1.165, 1.54) is 10.9 Å². The average molecular weight is 629 g/mol. The molecule has 19 heteroatoms. The third-order valence-electron chi connectivity index (χ3n) is 6.82. The summed E-state index contributed by atoms with van der Waals surface area (Å²) in [6.45, 7) is 2.58. The van der Waals surface area contributed by atoms with Gasteiger partial charge in [-0.25, -0.2) is 18.1 Å². The summed E-state index contributed by atoms with van der Waals surface area (Å²) in [6.07, 6.45) is 1.65. The van der Waals surface area contributed by atoms with Gasteiger partial charge in [0, 0.05) is 38.5 Å². The maximum atomic E-state index is 12.7. The zero-order valence-corrected chi connectivity index (χ0v) is 24.8. The van der Waals surface area contributed by atoms with Crippen LogP contribution in [0.4, 0.5) is 11.8 Å². The molecule has 2 aromatic heterocycles. The number of aliphatic hydroxyl groups excluding tert-OH is 1. The van der Waals surface area contributed by atoms with Crippen molar-refractivity contribution in [3.8, 4) is 0 Å². The number of anilines is 2. The van der Waals surface area contributed by atoms with Crippen molar-refractivity contribution >= 4 is 50.7 Å². The smallest absolute Gasteiger partial charge is 0.320 e. The number of nitrogens with two attached hydrogens (primary N) is 2. The van der Waals surface area contributed by atoms with Gasteiger partial charge in [-0.3, -0.25) is 19.0 Å². The molecule has 10 N–H and O–H groups in total. The van der Waals surface area contributed by atoms with Crippen LogP contribution >= 0.6 is 0 Å². The van der Waals surface area contributed by atoms with Crippen molar-refractivity contribution in [2.45, 2.75) is 63.5 Å². The Hall–Kier alpha value is -3.65. The lowest BCUT2D eigenvalue weighted by Crippen LogP contribution is -2.41. The summed E-state index contributed by atoms with van der Waals surface area (Å²) in [7, 11) is -3.21. The van der Waals surface area contributed by atoms with Gasteiger partial charge in [0.15, 0.2) is 17.7 Å². The number of hydrogen-bond donors (Lipinski definition) is 8.